The fourth-order valence-corrected chi connectivity index (χ4v) is 2.62. The Morgan fingerprint density at radius 2 is 2.00 bits per heavy atom. The van der Waals surface area contributed by atoms with E-state index in [9.17, 15) is 0 Å². The van der Waals surface area contributed by atoms with Crippen molar-refractivity contribution < 1.29 is 0 Å². The predicted molar refractivity (Wildman–Crippen MR) is 96.8 cm³/mol. The molecule has 1 fully saturated rings. The number of rotatable bonds is 4. The summed E-state index contributed by atoms with van der Waals surface area (Å²) in [5.41, 5.74) is 15.3. The third-order valence-electron chi connectivity index (χ3n) is 4.11. The maximum absolute atomic E-state index is 6.04. The van der Waals surface area contributed by atoms with Gasteiger partial charge in [0.25, 0.3) is 0 Å². The minimum atomic E-state index is 0.278. The molecule has 1 saturated heterocycles. The van der Waals surface area contributed by atoms with Crippen LogP contribution in [0.5, 0.6) is 0 Å². The molecule has 3 rings (SSSR count). The van der Waals surface area contributed by atoms with Gasteiger partial charge in [-0.2, -0.15) is 5.10 Å². The van der Waals surface area contributed by atoms with Crippen molar-refractivity contribution in [2.45, 2.75) is 6.92 Å². The number of fused-ring (bicyclic) bond motifs is 1. The van der Waals surface area contributed by atoms with Crippen LogP contribution in [0.15, 0.2) is 40.7 Å². The summed E-state index contributed by atoms with van der Waals surface area (Å²) < 4.78 is 0. The third-order valence-corrected chi connectivity index (χ3v) is 4.11. The van der Waals surface area contributed by atoms with Gasteiger partial charge in [-0.25, -0.2) is 0 Å². The van der Waals surface area contributed by atoms with Crippen molar-refractivity contribution in [3.05, 3.63) is 41.7 Å². The maximum atomic E-state index is 6.04. The van der Waals surface area contributed by atoms with Crippen LogP contribution in [0.1, 0.15) is 11.3 Å². The summed E-state index contributed by atoms with van der Waals surface area (Å²) in [6.45, 7) is 9.44. The molecule has 0 atom stereocenters. The summed E-state index contributed by atoms with van der Waals surface area (Å²) >= 11 is 0. The average molecular weight is 326 g/mol. The van der Waals surface area contributed by atoms with Gasteiger partial charge in [-0.3, -0.25) is 5.10 Å². The normalized spacial score (nSPS) is 16.6. The van der Waals surface area contributed by atoms with Crippen molar-refractivity contribution in [1.29, 1.82) is 0 Å². The molecule has 0 unspecified atom stereocenters. The molecule has 2 aromatic rings. The Morgan fingerprint density at radius 1 is 1.25 bits per heavy atom. The minimum absolute atomic E-state index is 0.278. The molecular weight excluding hydrogens is 304 g/mol. The molecule has 1 aliphatic heterocycles. The molecule has 1 aromatic carbocycles. The molecule has 0 aliphatic carbocycles. The Kier molecular flexibility index (Phi) is 4.48. The summed E-state index contributed by atoms with van der Waals surface area (Å²) in [5, 5.41) is 19.5. The molecule has 24 heavy (non-hydrogen) atoms. The van der Waals surface area contributed by atoms with E-state index in [0.717, 1.165) is 48.3 Å². The van der Waals surface area contributed by atoms with E-state index < -0.39 is 0 Å². The SMILES string of the molecule is C=C(/C(N)=N\N=C(/N)c1ccc2[nH]nc(C)c2c1)N1CCNCC1. The molecule has 8 heteroatoms. The van der Waals surface area contributed by atoms with Crippen molar-refractivity contribution in [2.75, 3.05) is 26.2 Å². The van der Waals surface area contributed by atoms with Gasteiger partial charge < -0.3 is 21.7 Å². The molecule has 1 aliphatic rings. The van der Waals surface area contributed by atoms with Crippen LogP contribution >= 0.6 is 0 Å². The highest BCUT2D eigenvalue weighted by Gasteiger charge is 2.14. The fourth-order valence-electron chi connectivity index (χ4n) is 2.62. The standard InChI is InChI=1S/C16H22N8/c1-10-13-9-12(3-4-14(13)21-20-10)16(18)23-22-15(17)11(2)24-7-5-19-6-8-24/h3-4,9,19H,2,5-8H2,1H3,(H2,17,22)(H2,18,23)(H,20,21). The van der Waals surface area contributed by atoms with Gasteiger partial charge in [-0.1, -0.05) is 6.58 Å². The molecule has 1 aromatic heterocycles. The number of aromatic amines is 1. The second-order valence-electron chi connectivity index (χ2n) is 5.72. The lowest BCUT2D eigenvalue weighted by Gasteiger charge is -2.30. The van der Waals surface area contributed by atoms with Crippen LogP contribution in [-0.2, 0) is 0 Å². The fraction of sp³-hybridized carbons (Fsp3) is 0.312. The number of nitrogens with zero attached hydrogens (tertiary/aromatic N) is 4. The lowest BCUT2D eigenvalue weighted by atomic mass is 10.1. The zero-order chi connectivity index (χ0) is 17.1. The van der Waals surface area contributed by atoms with E-state index in [1.165, 1.54) is 0 Å². The van der Waals surface area contributed by atoms with E-state index >= 15 is 0 Å². The Hall–Kier alpha value is -2.87. The number of aryl methyl sites for hydroxylation is 1. The summed E-state index contributed by atoms with van der Waals surface area (Å²) in [5.74, 6) is 0.578. The second-order valence-corrected chi connectivity index (χ2v) is 5.72. The number of H-pyrrole nitrogens is 1. The Balaban J connectivity index is 1.78. The lowest BCUT2D eigenvalue weighted by molar-refractivity contribution is 0.312. The summed E-state index contributed by atoms with van der Waals surface area (Å²) in [6.07, 6.45) is 0. The molecule has 8 nitrogen and oxygen atoms in total. The number of nitrogens with one attached hydrogen (secondary N) is 2. The van der Waals surface area contributed by atoms with Gasteiger partial charge in [0.1, 0.15) is 0 Å². The minimum Gasteiger partial charge on any atom is -0.382 e. The highest BCUT2D eigenvalue weighted by Crippen LogP contribution is 2.16. The smallest absolute Gasteiger partial charge is 0.169 e. The van der Waals surface area contributed by atoms with E-state index in [2.05, 4.69) is 37.2 Å². The van der Waals surface area contributed by atoms with Gasteiger partial charge in [0.15, 0.2) is 11.7 Å². The zero-order valence-corrected chi connectivity index (χ0v) is 13.7. The Bertz CT molecular complexity index is 811. The molecule has 0 saturated carbocycles. The van der Waals surface area contributed by atoms with Gasteiger partial charge in [0.2, 0.25) is 0 Å². The van der Waals surface area contributed by atoms with Gasteiger partial charge in [0, 0.05) is 37.1 Å². The van der Waals surface area contributed by atoms with E-state index in [-0.39, 0.29) is 5.84 Å². The first kappa shape index (κ1) is 16.0. The Morgan fingerprint density at radius 3 is 2.75 bits per heavy atom. The van der Waals surface area contributed by atoms with Crippen LogP contribution in [0.3, 0.4) is 0 Å². The van der Waals surface area contributed by atoms with Gasteiger partial charge >= 0.3 is 0 Å². The van der Waals surface area contributed by atoms with E-state index in [0.29, 0.717) is 11.5 Å². The Labute approximate surface area is 140 Å². The van der Waals surface area contributed by atoms with Crippen LogP contribution in [0.4, 0.5) is 0 Å². The van der Waals surface area contributed by atoms with Crippen molar-refractivity contribution in [3.63, 3.8) is 0 Å². The summed E-state index contributed by atoms with van der Waals surface area (Å²) in [7, 11) is 0. The highest BCUT2D eigenvalue weighted by molar-refractivity contribution is 6.02. The molecule has 0 radical (unpaired) electrons. The maximum Gasteiger partial charge on any atom is 0.169 e. The monoisotopic (exact) mass is 326 g/mol. The van der Waals surface area contributed by atoms with Crippen LogP contribution in [0.2, 0.25) is 0 Å². The lowest BCUT2D eigenvalue weighted by Crippen LogP contribution is -2.45. The molecule has 6 N–H and O–H groups in total. The predicted octanol–water partition coefficient (Wildman–Crippen LogP) is 0.268. The van der Waals surface area contributed by atoms with Crippen molar-refractivity contribution >= 4 is 22.6 Å². The van der Waals surface area contributed by atoms with Crippen LogP contribution < -0.4 is 16.8 Å². The molecule has 126 valence electrons. The largest absolute Gasteiger partial charge is 0.382 e. The first-order valence-corrected chi connectivity index (χ1v) is 7.83. The number of aromatic nitrogens is 2. The second kappa shape index (κ2) is 6.71. The number of nitrogens with two attached hydrogens (primary N) is 2. The van der Waals surface area contributed by atoms with Crippen molar-refractivity contribution in [2.24, 2.45) is 21.7 Å². The third kappa shape index (κ3) is 3.23. The topological polar surface area (TPSA) is 121 Å². The molecule has 2 heterocycles. The number of amidine groups is 2. The van der Waals surface area contributed by atoms with Crippen LogP contribution in [0, 0.1) is 6.92 Å². The number of piperazine rings is 1. The van der Waals surface area contributed by atoms with Gasteiger partial charge in [0.05, 0.1) is 16.9 Å². The number of benzene rings is 1. The number of hydrogen-bond donors (Lipinski definition) is 4. The quantitative estimate of drug-likeness (QED) is 0.365. The average Bonchev–Trinajstić information content (AvgIpc) is 3.00. The molecule has 0 spiro atoms. The molecule has 0 amide bonds. The van der Waals surface area contributed by atoms with Crippen molar-refractivity contribution in [3.8, 4) is 0 Å². The van der Waals surface area contributed by atoms with Gasteiger partial charge in [-0.15, -0.1) is 10.2 Å². The first-order valence-electron chi connectivity index (χ1n) is 7.83. The van der Waals surface area contributed by atoms with Gasteiger partial charge in [-0.05, 0) is 25.1 Å². The highest BCUT2D eigenvalue weighted by atomic mass is 15.3. The zero-order valence-electron chi connectivity index (χ0n) is 13.7. The molecular formula is C16H22N8. The molecule has 0 bridgehead atoms. The van der Waals surface area contributed by atoms with E-state index in [4.69, 9.17) is 11.5 Å². The number of hydrogen-bond acceptors (Lipinski definition) is 5. The van der Waals surface area contributed by atoms with Crippen LogP contribution in [-0.4, -0.2) is 52.9 Å². The van der Waals surface area contributed by atoms with Crippen LogP contribution in [0.25, 0.3) is 10.9 Å². The van der Waals surface area contributed by atoms with E-state index in [1.54, 1.807) is 0 Å². The first-order chi connectivity index (χ1) is 11.6. The van der Waals surface area contributed by atoms with Crippen molar-refractivity contribution in [1.82, 2.24) is 20.4 Å². The van der Waals surface area contributed by atoms with E-state index in [1.807, 2.05) is 25.1 Å². The summed E-state index contributed by atoms with van der Waals surface area (Å²) in [4.78, 5) is 2.09. The summed E-state index contributed by atoms with van der Waals surface area (Å²) in [6, 6.07) is 5.72.